The molecule has 1 saturated carbocycles. The zero-order chi connectivity index (χ0) is 21.2. The maximum Gasteiger partial charge on any atom is 0.229 e. The molecule has 5 heteroatoms. The number of H-pyrrole nitrogens is 1. The molecule has 1 aliphatic rings. The highest BCUT2D eigenvalue weighted by Gasteiger charge is 2.33. The van der Waals surface area contributed by atoms with Gasteiger partial charge in [0.05, 0.1) is 19.2 Å². The molecule has 0 radical (unpaired) electrons. The molecule has 4 aromatic rings. The minimum absolute atomic E-state index is 0.0451. The SMILES string of the molecule is COc1ccc(C2CC(c3cc(NC(=O)Cc4cccc5ccccc45)[nH]n3)C2)cc1. The maximum atomic E-state index is 12.6. The van der Waals surface area contributed by atoms with Gasteiger partial charge in [0.15, 0.2) is 0 Å². The third-order valence-corrected chi connectivity index (χ3v) is 6.25. The molecule has 0 saturated heterocycles. The highest BCUT2D eigenvalue weighted by molar-refractivity contribution is 5.95. The summed E-state index contributed by atoms with van der Waals surface area (Å²) in [7, 11) is 1.68. The van der Waals surface area contributed by atoms with Crippen LogP contribution >= 0.6 is 0 Å². The molecule has 156 valence electrons. The number of benzene rings is 3. The maximum absolute atomic E-state index is 12.6. The van der Waals surface area contributed by atoms with Crippen molar-refractivity contribution in [2.75, 3.05) is 12.4 Å². The Hall–Kier alpha value is -3.60. The lowest BCUT2D eigenvalue weighted by molar-refractivity contribution is -0.115. The van der Waals surface area contributed by atoms with Crippen LogP contribution in [0.1, 0.15) is 41.5 Å². The van der Waals surface area contributed by atoms with E-state index in [0.29, 0.717) is 24.1 Å². The number of amides is 1. The monoisotopic (exact) mass is 411 g/mol. The van der Waals surface area contributed by atoms with Crippen LogP contribution in [0.4, 0.5) is 5.82 Å². The Morgan fingerprint density at radius 1 is 1.03 bits per heavy atom. The van der Waals surface area contributed by atoms with E-state index in [4.69, 9.17) is 4.74 Å². The first kappa shape index (κ1) is 19.4. The second-order valence-corrected chi connectivity index (χ2v) is 8.21. The van der Waals surface area contributed by atoms with Crippen LogP contribution in [0.25, 0.3) is 10.8 Å². The number of ether oxygens (including phenoxy) is 1. The van der Waals surface area contributed by atoms with Crippen LogP contribution in [0.15, 0.2) is 72.8 Å². The third-order valence-electron chi connectivity index (χ3n) is 6.25. The van der Waals surface area contributed by atoms with Gasteiger partial charge in [0.2, 0.25) is 5.91 Å². The lowest BCUT2D eigenvalue weighted by Gasteiger charge is -2.34. The van der Waals surface area contributed by atoms with Gasteiger partial charge in [-0.3, -0.25) is 9.89 Å². The van der Waals surface area contributed by atoms with E-state index in [-0.39, 0.29) is 5.91 Å². The largest absolute Gasteiger partial charge is 0.497 e. The van der Waals surface area contributed by atoms with Crippen molar-refractivity contribution in [2.45, 2.75) is 31.1 Å². The molecular weight excluding hydrogens is 386 g/mol. The average Bonchev–Trinajstić information content (AvgIpc) is 3.21. The van der Waals surface area contributed by atoms with Gasteiger partial charge in [-0.05, 0) is 52.8 Å². The predicted molar refractivity (Wildman–Crippen MR) is 123 cm³/mol. The molecule has 5 nitrogen and oxygen atoms in total. The van der Waals surface area contributed by atoms with Gasteiger partial charge in [0.1, 0.15) is 11.6 Å². The lowest BCUT2D eigenvalue weighted by Crippen LogP contribution is -2.20. The number of nitrogens with one attached hydrogen (secondary N) is 2. The normalized spacial score (nSPS) is 17.8. The van der Waals surface area contributed by atoms with Crippen LogP contribution in [0.2, 0.25) is 0 Å². The number of hydrogen-bond donors (Lipinski definition) is 2. The molecule has 1 aliphatic carbocycles. The van der Waals surface area contributed by atoms with Crippen molar-refractivity contribution in [3.05, 3.63) is 89.6 Å². The molecule has 0 aliphatic heterocycles. The van der Waals surface area contributed by atoms with E-state index < -0.39 is 0 Å². The van der Waals surface area contributed by atoms with Crippen LogP contribution < -0.4 is 10.1 Å². The molecule has 5 rings (SSSR count). The number of nitrogens with zero attached hydrogens (tertiary/aromatic N) is 1. The molecule has 0 bridgehead atoms. The topological polar surface area (TPSA) is 67.0 Å². The second kappa shape index (κ2) is 8.26. The molecule has 0 atom stereocenters. The van der Waals surface area contributed by atoms with Crippen molar-refractivity contribution in [3.8, 4) is 5.75 Å². The summed E-state index contributed by atoms with van der Waals surface area (Å²) in [6.07, 6.45) is 2.47. The fourth-order valence-corrected chi connectivity index (χ4v) is 4.43. The first-order valence-electron chi connectivity index (χ1n) is 10.7. The van der Waals surface area contributed by atoms with E-state index in [9.17, 15) is 4.79 Å². The number of anilines is 1. The smallest absolute Gasteiger partial charge is 0.229 e. The number of hydrogen-bond acceptors (Lipinski definition) is 3. The number of aromatic amines is 1. The average molecular weight is 412 g/mol. The number of carbonyl (C=O) groups excluding carboxylic acids is 1. The van der Waals surface area contributed by atoms with E-state index in [1.54, 1.807) is 7.11 Å². The van der Waals surface area contributed by atoms with E-state index >= 15 is 0 Å². The van der Waals surface area contributed by atoms with Gasteiger partial charge in [-0.25, -0.2) is 0 Å². The van der Waals surface area contributed by atoms with Gasteiger partial charge >= 0.3 is 0 Å². The molecule has 0 unspecified atom stereocenters. The minimum Gasteiger partial charge on any atom is -0.497 e. The van der Waals surface area contributed by atoms with Crippen LogP contribution in [-0.4, -0.2) is 23.2 Å². The van der Waals surface area contributed by atoms with Gasteiger partial charge in [-0.2, -0.15) is 5.10 Å². The lowest BCUT2D eigenvalue weighted by atomic mass is 9.70. The summed E-state index contributed by atoms with van der Waals surface area (Å²) in [4.78, 5) is 12.6. The molecule has 3 aromatic carbocycles. The van der Waals surface area contributed by atoms with Crippen LogP contribution in [-0.2, 0) is 11.2 Å². The Labute approximate surface area is 181 Å². The fourth-order valence-electron chi connectivity index (χ4n) is 4.43. The highest BCUT2D eigenvalue weighted by atomic mass is 16.5. The Balaban J connectivity index is 1.19. The molecule has 2 N–H and O–H groups in total. The predicted octanol–water partition coefficient (Wildman–Crippen LogP) is 5.41. The van der Waals surface area contributed by atoms with E-state index in [1.807, 2.05) is 42.5 Å². The first-order chi connectivity index (χ1) is 15.2. The molecule has 31 heavy (non-hydrogen) atoms. The van der Waals surface area contributed by atoms with Crippen LogP contribution in [0, 0.1) is 0 Å². The van der Waals surface area contributed by atoms with Gasteiger partial charge in [-0.1, -0.05) is 54.6 Å². The van der Waals surface area contributed by atoms with Crippen LogP contribution in [0.3, 0.4) is 0 Å². The summed E-state index contributed by atoms with van der Waals surface area (Å²) in [5, 5.41) is 12.6. The van der Waals surface area contributed by atoms with E-state index in [2.05, 4.69) is 45.8 Å². The summed E-state index contributed by atoms with van der Waals surface area (Å²) < 4.78 is 5.24. The number of fused-ring (bicyclic) bond motifs is 1. The number of rotatable bonds is 6. The molecule has 1 fully saturated rings. The Morgan fingerprint density at radius 2 is 1.81 bits per heavy atom. The molecule has 0 spiro atoms. The van der Waals surface area contributed by atoms with Gasteiger partial charge in [-0.15, -0.1) is 0 Å². The summed E-state index contributed by atoms with van der Waals surface area (Å²) >= 11 is 0. The molecule has 1 amide bonds. The van der Waals surface area contributed by atoms with Crippen molar-refractivity contribution < 1.29 is 9.53 Å². The van der Waals surface area contributed by atoms with E-state index in [1.165, 1.54) is 5.56 Å². The van der Waals surface area contributed by atoms with Crippen molar-refractivity contribution in [2.24, 2.45) is 0 Å². The molecule has 1 heterocycles. The number of methoxy groups -OCH3 is 1. The Bertz CT molecular complexity index is 1200. The fraction of sp³-hybridized carbons (Fsp3) is 0.231. The van der Waals surface area contributed by atoms with Crippen LogP contribution in [0.5, 0.6) is 5.75 Å². The summed E-state index contributed by atoms with van der Waals surface area (Å²) in [5.74, 6) is 2.48. The van der Waals surface area contributed by atoms with Gasteiger partial charge in [0.25, 0.3) is 0 Å². The number of carbonyl (C=O) groups is 1. The summed E-state index contributed by atoms with van der Waals surface area (Å²) in [6, 6.07) is 24.5. The Kier molecular flexibility index (Phi) is 5.16. The van der Waals surface area contributed by atoms with Crippen molar-refractivity contribution in [1.29, 1.82) is 0 Å². The standard InChI is InChI=1S/C26H25N3O2/c1-31-22-11-9-17(10-12-22)20-13-21(14-20)24-16-25(29-28-24)27-26(30)15-19-7-4-6-18-5-2-3-8-23(18)19/h2-12,16,20-21H,13-15H2,1H3,(H2,27,28,29,30). The second-order valence-electron chi connectivity index (χ2n) is 8.21. The van der Waals surface area contributed by atoms with Crippen molar-refractivity contribution >= 4 is 22.5 Å². The van der Waals surface area contributed by atoms with Crippen molar-refractivity contribution in [1.82, 2.24) is 10.2 Å². The highest BCUT2D eigenvalue weighted by Crippen LogP contribution is 2.47. The Morgan fingerprint density at radius 3 is 2.61 bits per heavy atom. The first-order valence-corrected chi connectivity index (χ1v) is 10.7. The zero-order valence-electron chi connectivity index (χ0n) is 17.5. The summed E-state index contributed by atoms with van der Waals surface area (Å²) in [5.41, 5.74) is 3.39. The minimum atomic E-state index is -0.0451. The van der Waals surface area contributed by atoms with Gasteiger partial charge < -0.3 is 10.1 Å². The summed E-state index contributed by atoms with van der Waals surface area (Å²) in [6.45, 7) is 0. The zero-order valence-corrected chi connectivity index (χ0v) is 17.5. The van der Waals surface area contributed by atoms with Crippen molar-refractivity contribution in [3.63, 3.8) is 0 Å². The van der Waals surface area contributed by atoms with Gasteiger partial charge in [0, 0.05) is 12.0 Å². The van der Waals surface area contributed by atoms with E-state index in [0.717, 1.165) is 40.6 Å². The number of aromatic nitrogens is 2. The quantitative estimate of drug-likeness (QED) is 0.446. The molecular formula is C26H25N3O2. The molecule has 1 aromatic heterocycles. The third kappa shape index (κ3) is 4.04.